The van der Waals surface area contributed by atoms with Gasteiger partial charge in [-0.2, -0.15) is 11.3 Å². The van der Waals surface area contributed by atoms with Crippen molar-refractivity contribution in [3.8, 4) is 0 Å². The average Bonchev–Trinajstić information content (AvgIpc) is 2.97. The monoisotopic (exact) mass is 287 g/mol. The number of hydrogen-bond acceptors (Lipinski definition) is 3. The van der Waals surface area contributed by atoms with Gasteiger partial charge in [-0.25, -0.2) is 0 Å². The molecule has 3 unspecified atom stereocenters. The highest BCUT2D eigenvalue weighted by atomic mass is 32.1. The predicted octanol–water partition coefficient (Wildman–Crippen LogP) is 3.81. The molecule has 0 aromatic carbocycles. The Morgan fingerprint density at radius 3 is 3.10 bits per heavy atom. The maximum absolute atomic E-state index is 12.7. The van der Waals surface area contributed by atoms with Crippen LogP contribution in [0.25, 0.3) is 0 Å². The van der Waals surface area contributed by atoms with E-state index in [2.05, 4.69) is 21.7 Å². The number of amides is 1. The fourth-order valence-electron chi connectivity index (χ4n) is 3.34. The summed E-state index contributed by atoms with van der Waals surface area (Å²) >= 11 is 1.71. The number of nitrogens with zero attached hydrogens (tertiary/aromatic N) is 1. The number of furan rings is 1. The van der Waals surface area contributed by atoms with Gasteiger partial charge in [-0.05, 0) is 53.8 Å². The first-order valence-electron chi connectivity index (χ1n) is 7.20. The lowest BCUT2D eigenvalue weighted by atomic mass is 10.1. The molecule has 1 aliphatic carbocycles. The molecule has 4 heteroatoms. The Morgan fingerprint density at radius 1 is 1.40 bits per heavy atom. The summed E-state index contributed by atoms with van der Waals surface area (Å²) in [5.41, 5.74) is 1.30. The van der Waals surface area contributed by atoms with E-state index in [0.717, 1.165) is 31.6 Å². The van der Waals surface area contributed by atoms with Crippen LogP contribution in [0.15, 0.2) is 39.6 Å². The smallest absolute Gasteiger partial charge is 0.226 e. The maximum atomic E-state index is 12.7. The molecule has 3 atom stereocenters. The average molecular weight is 287 g/mol. The summed E-state index contributed by atoms with van der Waals surface area (Å²) in [5.74, 6) is 1.73. The van der Waals surface area contributed by atoms with Crippen molar-refractivity contribution in [2.75, 3.05) is 6.54 Å². The van der Waals surface area contributed by atoms with Gasteiger partial charge in [0, 0.05) is 18.4 Å². The van der Waals surface area contributed by atoms with Gasteiger partial charge in [0.05, 0.1) is 12.3 Å². The zero-order valence-electron chi connectivity index (χ0n) is 11.2. The van der Waals surface area contributed by atoms with E-state index in [0.29, 0.717) is 17.9 Å². The van der Waals surface area contributed by atoms with Crippen molar-refractivity contribution >= 4 is 17.2 Å². The highest BCUT2D eigenvalue weighted by Gasteiger charge is 2.49. The fraction of sp³-hybridized carbons (Fsp3) is 0.438. The molecule has 3 nitrogen and oxygen atoms in total. The largest absolute Gasteiger partial charge is 0.469 e. The van der Waals surface area contributed by atoms with Crippen molar-refractivity contribution in [1.29, 1.82) is 0 Å². The van der Waals surface area contributed by atoms with Crippen molar-refractivity contribution in [3.05, 3.63) is 46.5 Å². The second-order valence-corrected chi connectivity index (χ2v) is 6.49. The minimum atomic E-state index is 0.139. The second kappa shape index (κ2) is 4.77. The van der Waals surface area contributed by atoms with E-state index in [1.165, 1.54) is 5.56 Å². The standard InChI is InChI=1S/C16H17NO2S/c18-16(13-9-12(13)15-4-2-7-19-15)17-6-1-3-14(17)11-5-8-20-10-11/h2,4-5,7-8,10,12-14H,1,3,6,9H2. The first-order valence-corrected chi connectivity index (χ1v) is 8.15. The van der Waals surface area contributed by atoms with Gasteiger partial charge in [0.2, 0.25) is 5.91 Å². The molecule has 2 aromatic rings. The molecule has 1 saturated heterocycles. The van der Waals surface area contributed by atoms with Gasteiger partial charge in [0.25, 0.3) is 0 Å². The van der Waals surface area contributed by atoms with Crippen LogP contribution in [0.5, 0.6) is 0 Å². The first kappa shape index (κ1) is 12.2. The minimum absolute atomic E-state index is 0.139. The van der Waals surface area contributed by atoms with Gasteiger partial charge in [-0.15, -0.1) is 0 Å². The van der Waals surface area contributed by atoms with Gasteiger partial charge >= 0.3 is 0 Å². The molecule has 2 fully saturated rings. The highest BCUT2D eigenvalue weighted by Crippen LogP contribution is 2.50. The van der Waals surface area contributed by atoms with E-state index < -0.39 is 0 Å². The van der Waals surface area contributed by atoms with Crippen molar-refractivity contribution in [1.82, 2.24) is 4.90 Å². The molecule has 4 rings (SSSR count). The van der Waals surface area contributed by atoms with Crippen LogP contribution >= 0.6 is 11.3 Å². The molecule has 0 radical (unpaired) electrons. The van der Waals surface area contributed by atoms with Crippen molar-refractivity contribution in [2.45, 2.75) is 31.2 Å². The molecule has 104 valence electrons. The third-order valence-electron chi connectivity index (χ3n) is 4.48. The number of hydrogen-bond donors (Lipinski definition) is 0. The van der Waals surface area contributed by atoms with Crippen molar-refractivity contribution in [3.63, 3.8) is 0 Å². The molecule has 3 heterocycles. The zero-order valence-corrected chi connectivity index (χ0v) is 12.0. The van der Waals surface area contributed by atoms with Crippen LogP contribution in [0.1, 0.15) is 42.5 Å². The fourth-order valence-corrected chi connectivity index (χ4v) is 4.05. The van der Waals surface area contributed by atoms with Crippen molar-refractivity contribution in [2.24, 2.45) is 5.92 Å². The summed E-state index contributed by atoms with van der Waals surface area (Å²) in [6.45, 7) is 0.903. The number of carbonyl (C=O) groups excluding carboxylic acids is 1. The van der Waals surface area contributed by atoms with Crippen LogP contribution in [-0.2, 0) is 4.79 Å². The maximum Gasteiger partial charge on any atom is 0.226 e. The first-order chi connectivity index (χ1) is 9.84. The highest BCUT2D eigenvalue weighted by molar-refractivity contribution is 7.07. The lowest BCUT2D eigenvalue weighted by Crippen LogP contribution is -2.31. The van der Waals surface area contributed by atoms with Gasteiger partial charge in [-0.1, -0.05) is 0 Å². The number of thiophene rings is 1. The summed E-state index contributed by atoms with van der Waals surface area (Å²) in [7, 11) is 0. The zero-order chi connectivity index (χ0) is 13.5. The molecule has 2 aromatic heterocycles. The third kappa shape index (κ3) is 1.99. The quantitative estimate of drug-likeness (QED) is 0.860. The van der Waals surface area contributed by atoms with Crippen LogP contribution in [-0.4, -0.2) is 17.4 Å². The molecule has 1 saturated carbocycles. The molecule has 2 aliphatic rings. The Balaban J connectivity index is 1.49. The Labute approximate surface area is 122 Å². The SMILES string of the molecule is O=C(C1CC1c1ccco1)N1CCCC1c1ccsc1. The van der Waals surface area contributed by atoms with Gasteiger partial charge in [0.1, 0.15) is 5.76 Å². The van der Waals surface area contributed by atoms with E-state index in [9.17, 15) is 4.79 Å². The van der Waals surface area contributed by atoms with Crippen LogP contribution < -0.4 is 0 Å². The topological polar surface area (TPSA) is 33.5 Å². The van der Waals surface area contributed by atoms with E-state index in [4.69, 9.17) is 4.42 Å². The molecular formula is C16H17NO2S. The summed E-state index contributed by atoms with van der Waals surface area (Å²) in [5, 5.41) is 4.27. The second-order valence-electron chi connectivity index (χ2n) is 5.71. The van der Waals surface area contributed by atoms with Gasteiger partial charge in [-0.3, -0.25) is 4.79 Å². The Kier molecular flexibility index (Phi) is 2.91. The molecule has 1 amide bonds. The normalized spacial score (nSPS) is 28.8. The molecule has 1 aliphatic heterocycles. The number of carbonyl (C=O) groups is 1. The third-order valence-corrected chi connectivity index (χ3v) is 5.18. The number of likely N-dealkylation sites (tertiary alicyclic amines) is 1. The van der Waals surface area contributed by atoms with E-state index >= 15 is 0 Å². The summed E-state index contributed by atoms with van der Waals surface area (Å²) < 4.78 is 5.43. The molecule has 0 spiro atoms. The molecule has 20 heavy (non-hydrogen) atoms. The van der Waals surface area contributed by atoms with Crippen LogP contribution in [0.3, 0.4) is 0 Å². The minimum Gasteiger partial charge on any atom is -0.469 e. The van der Waals surface area contributed by atoms with E-state index in [1.807, 2.05) is 12.1 Å². The lowest BCUT2D eigenvalue weighted by molar-refractivity contribution is -0.133. The Morgan fingerprint density at radius 2 is 2.35 bits per heavy atom. The lowest BCUT2D eigenvalue weighted by Gasteiger charge is -2.24. The summed E-state index contributed by atoms with van der Waals surface area (Å²) in [4.78, 5) is 14.8. The van der Waals surface area contributed by atoms with Crippen LogP contribution in [0.4, 0.5) is 0 Å². The molecule has 0 N–H and O–H groups in total. The van der Waals surface area contributed by atoms with Crippen LogP contribution in [0.2, 0.25) is 0 Å². The molecule has 0 bridgehead atoms. The van der Waals surface area contributed by atoms with Crippen molar-refractivity contribution < 1.29 is 9.21 Å². The van der Waals surface area contributed by atoms with Gasteiger partial charge in [0.15, 0.2) is 0 Å². The predicted molar refractivity (Wildman–Crippen MR) is 77.6 cm³/mol. The van der Waals surface area contributed by atoms with E-state index in [1.54, 1.807) is 17.6 Å². The Bertz CT molecular complexity index is 590. The summed E-state index contributed by atoms with van der Waals surface area (Å²) in [6, 6.07) is 6.33. The van der Waals surface area contributed by atoms with E-state index in [-0.39, 0.29) is 5.92 Å². The number of rotatable bonds is 3. The molecular weight excluding hydrogens is 270 g/mol. The van der Waals surface area contributed by atoms with Crippen LogP contribution in [0, 0.1) is 5.92 Å². The summed E-state index contributed by atoms with van der Waals surface area (Å²) in [6.07, 6.45) is 4.85. The Hall–Kier alpha value is -1.55. The van der Waals surface area contributed by atoms with Gasteiger partial charge < -0.3 is 9.32 Å².